The number of rotatable bonds is 2. The number of hydrogen-bond acceptors (Lipinski definition) is 3. The van der Waals surface area contributed by atoms with Gasteiger partial charge in [-0.15, -0.1) is 0 Å². The molecule has 0 atom stereocenters. The lowest BCUT2D eigenvalue weighted by Crippen LogP contribution is -2.38. The molecular formula is C12H14FN3. The van der Waals surface area contributed by atoms with Crippen LogP contribution < -0.4 is 10.6 Å². The van der Waals surface area contributed by atoms with Gasteiger partial charge in [0.15, 0.2) is 0 Å². The average molecular weight is 219 g/mol. The third-order valence-electron chi connectivity index (χ3n) is 2.44. The van der Waals surface area contributed by atoms with Crippen LogP contribution in [0.4, 0.5) is 4.39 Å². The van der Waals surface area contributed by atoms with Crippen LogP contribution in [0.2, 0.25) is 0 Å². The first kappa shape index (κ1) is 10.8. The molecule has 0 saturated carbocycles. The van der Waals surface area contributed by atoms with E-state index >= 15 is 0 Å². The summed E-state index contributed by atoms with van der Waals surface area (Å²) in [5.74, 6) is -0.276. The Morgan fingerprint density at radius 3 is 2.62 bits per heavy atom. The van der Waals surface area contributed by atoms with Gasteiger partial charge in [0.1, 0.15) is 5.82 Å². The van der Waals surface area contributed by atoms with Crippen molar-refractivity contribution in [3.63, 3.8) is 0 Å². The lowest BCUT2D eigenvalue weighted by atomic mass is 10.1. The Balaban J connectivity index is 2.09. The van der Waals surface area contributed by atoms with Crippen LogP contribution in [0.5, 0.6) is 0 Å². The number of allylic oxidation sites excluding steroid dienone is 1. The van der Waals surface area contributed by atoms with Crippen molar-refractivity contribution < 1.29 is 4.39 Å². The minimum atomic E-state index is -0.276. The molecule has 1 aromatic carbocycles. The van der Waals surface area contributed by atoms with E-state index in [-0.39, 0.29) is 5.82 Å². The van der Waals surface area contributed by atoms with E-state index in [0.717, 1.165) is 30.9 Å². The van der Waals surface area contributed by atoms with E-state index in [9.17, 15) is 4.39 Å². The molecule has 1 saturated heterocycles. The molecule has 3 N–H and O–H groups in total. The van der Waals surface area contributed by atoms with Gasteiger partial charge < -0.3 is 16.0 Å². The smallest absolute Gasteiger partial charge is 0.123 e. The van der Waals surface area contributed by atoms with Crippen LogP contribution in [-0.2, 0) is 0 Å². The van der Waals surface area contributed by atoms with Crippen LogP contribution in [0.3, 0.4) is 0 Å². The Morgan fingerprint density at radius 1 is 1.25 bits per heavy atom. The first-order valence-corrected chi connectivity index (χ1v) is 5.25. The van der Waals surface area contributed by atoms with Crippen molar-refractivity contribution in [3.8, 4) is 0 Å². The van der Waals surface area contributed by atoms with E-state index in [2.05, 4.69) is 10.6 Å². The van der Waals surface area contributed by atoms with Gasteiger partial charge in [-0.25, -0.2) is 4.39 Å². The van der Waals surface area contributed by atoms with Crippen molar-refractivity contribution in [1.82, 2.24) is 10.6 Å². The van der Waals surface area contributed by atoms with Crippen molar-refractivity contribution in [2.45, 2.75) is 0 Å². The van der Waals surface area contributed by atoms with Gasteiger partial charge in [0.05, 0.1) is 5.71 Å². The number of piperazine rings is 1. The van der Waals surface area contributed by atoms with E-state index in [0.29, 0.717) is 5.71 Å². The molecule has 3 nitrogen and oxygen atoms in total. The van der Waals surface area contributed by atoms with Crippen LogP contribution in [-0.4, -0.2) is 25.3 Å². The highest BCUT2D eigenvalue weighted by Gasteiger charge is 2.05. The number of nitrogens with one attached hydrogen (secondary N) is 3. The van der Waals surface area contributed by atoms with E-state index in [1.165, 1.54) is 12.1 Å². The lowest BCUT2D eigenvalue weighted by molar-refractivity contribution is 0.599. The molecule has 1 fully saturated rings. The Morgan fingerprint density at radius 2 is 2.00 bits per heavy atom. The fourth-order valence-electron chi connectivity index (χ4n) is 1.59. The van der Waals surface area contributed by atoms with Crippen LogP contribution in [0.1, 0.15) is 5.56 Å². The third kappa shape index (κ3) is 2.67. The molecule has 2 rings (SSSR count). The third-order valence-corrected chi connectivity index (χ3v) is 2.44. The lowest BCUT2D eigenvalue weighted by Gasteiger charge is -2.18. The van der Waals surface area contributed by atoms with Crippen LogP contribution in [0.25, 0.3) is 0 Å². The molecule has 1 heterocycles. The van der Waals surface area contributed by atoms with Crippen molar-refractivity contribution >= 4 is 5.71 Å². The summed E-state index contributed by atoms with van der Waals surface area (Å²) in [6.07, 6.45) is 1.78. The average Bonchev–Trinajstić information content (AvgIpc) is 2.31. The first-order chi connectivity index (χ1) is 7.75. The minimum Gasteiger partial charge on any atom is -0.386 e. The topological polar surface area (TPSA) is 47.9 Å². The molecule has 0 amide bonds. The molecule has 1 aromatic rings. The molecule has 16 heavy (non-hydrogen) atoms. The maximum absolute atomic E-state index is 12.7. The van der Waals surface area contributed by atoms with Crippen LogP contribution in [0, 0.1) is 11.2 Å². The summed E-state index contributed by atoms with van der Waals surface area (Å²) in [6, 6.07) is 5.97. The normalized spacial score (nSPS) is 18.2. The summed E-state index contributed by atoms with van der Waals surface area (Å²) in [6.45, 7) is 2.58. The van der Waals surface area contributed by atoms with Crippen molar-refractivity contribution in [3.05, 3.63) is 47.4 Å². The highest BCUT2D eigenvalue weighted by Crippen LogP contribution is 2.05. The number of halogens is 1. The number of benzene rings is 1. The summed E-state index contributed by atoms with van der Waals surface area (Å²) in [5.41, 5.74) is 2.12. The highest BCUT2D eigenvalue weighted by atomic mass is 19.1. The van der Waals surface area contributed by atoms with E-state index < -0.39 is 0 Å². The van der Waals surface area contributed by atoms with Crippen LogP contribution >= 0.6 is 0 Å². The molecule has 0 radical (unpaired) electrons. The molecule has 1 aliphatic rings. The predicted molar refractivity (Wildman–Crippen MR) is 62.2 cm³/mol. The second-order valence-electron chi connectivity index (χ2n) is 3.69. The minimum absolute atomic E-state index is 0.276. The molecule has 0 bridgehead atoms. The fourth-order valence-corrected chi connectivity index (χ4v) is 1.59. The molecule has 0 aromatic heterocycles. The molecular weight excluding hydrogens is 205 g/mol. The second kappa shape index (κ2) is 4.90. The second-order valence-corrected chi connectivity index (χ2v) is 3.69. The van der Waals surface area contributed by atoms with Gasteiger partial charge in [-0.1, -0.05) is 0 Å². The largest absolute Gasteiger partial charge is 0.386 e. The summed E-state index contributed by atoms with van der Waals surface area (Å²) in [4.78, 5) is 0. The van der Waals surface area contributed by atoms with Crippen molar-refractivity contribution in [2.75, 3.05) is 19.6 Å². The molecule has 0 aliphatic carbocycles. The summed E-state index contributed by atoms with van der Waals surface area (Å²) in [5, 5.41) is 14.3. The monoisotopic (exact) mass is 219 g/mol. The maximum atomic E-state index is 12.7. The Bertz CT molecular complexity index is 401. The highest BCUT2D eigenvalue weighted by molar-refractivity contribution is 6.06. The molecule has 0 spiro atoms. The molecule has 4 heteroatoms. The van der Waals surface area contributed by atoms with Gasteiger partial charge in [-0.3, -0.25) is 0 Å². The van der Waals surface area contributed by atoms with Crippen molar-refractivity contribution in [2.24, 2.45) is 0 Å². The Hall–Kier alpha value is -1.68. The van der Waals surface area contributed by atoms with Gasteiger partial charge in [-0.05, 0) is 35.9 Å². The maximum Gasteiger partial charge on any atom is 0.123 e. The van der Waals surface area contributed by atoms with Crippen LogP contribution in [0.15, 0.2) is 36.0 Å². The van der Waals surface area contributed by atoms with Crippen molar-refractivity contribution in [1.29, 1.82) is 5.41 Å². The first-order valence-electron chi connectivity index (χ1n) is 5.25. The summed E-state index contributed by atoms with van der Waals surface area (Å²) < 4.78 is 12.7. The molecule has 84 valence electrons. The fraction of sp³-hybridized carbons (Fsp3) is 0.250. The van der Waals surface area contributed by atoms with Gasteiger partial charge in [0, 0.05) is 25.3 Å². The van der Waals surface area contributed by atoms with Gasteiger partial charge in [0.2, 0.25) is 0 Å². The summed E-state index contributed by atoms with van der Waals surface area (Å²) in [7, 11) is 0. The predicted octanol–water partition coefficient (Wildman–Crippen LogP) is 1.27. The standard InChI is InChI=1S/C12H14FN3/c13-10-3-1-9(2-4-10)12(14)7-11-8-15-5-6-16-11/h1-4,7,14-16H,5-6,8H2/b11-7-,14-12?. The SMILES string of the molecule is N=C(/C=C1/CNCCN1)c1ccc(F)cc1. The zero-order chi connectivity index (χ0) is 11.4. The van der Waals surface area contributed by atoms with E-state index in [4.69, 9.17) is 5.41 Å². The Kier molecular flexibility index (Phi) is 3.31. The zero-order valence-corrected chi connectivity index (χ0v) is 8.89. The van der Waals surface area contributed by atoms with E-state index in [1.54, 1.807) is 18.2 Å². The quantitative estimate of drug-likeness (QED) is 0.656. The summed E-state index contributed by atoms with van der Waals surface area (Å²) >= 11 is 0. The van der Waals surface area contributed by atoms with E-state index in [1.807, 2.05) is 0 Å². The number of hydrogen-bond donors (Lipinski definition) is 3. The van der Waals surface area contributed by atoms with Gasteiger partial charge in [0.25, 0.3) is 0 Å². The zero-order valence-electron chi connectivity index (χ0n) is 8.89. The van der Waals surface area contributed by atoms with Gasteiger partial charge in [-0.2, -0.15) is 0 Å². The Labute approximate surface area is 93.9 Å². The van der Waals surface area contributed by atoms with Gasteiger partial charge >= 0.3 is 0 Å². The molecule has 0 unspecified atom stereocenters. The molecule has 1 aliphatic heterocycles.